The molecule has 1 unspecified atom stereocenters. The summed E-state index contributed by atoms with van der Waals surface area (Å²) >= 11 is 0. The number of hydrogen-bond acceptors (Lipinski definition) is 3. The lowest BCUT2D eigenvalue weighted by Crippen LogP contribution is -2.33. The van der Waals surface area contributed by atoms with Crippen LogP contribution >= 0.6 is 0 Å². The Morgan fingerprint density at radius 1 is 1.25 bits per heavy atom. The molecule has 3 heteroatoms. The number of rotatable bonds is 6. The number of benzene rings is 1. The standard InChI is InChI=1S/C17H24N2O/c1-4-19(12-15-6-5-9-20-15)17(11-18)16-8-7-13(2)10-14(16)3/h5-10,17H,4,11-12,18H2,1-3H3. The zero-order valence-corrected chi connectivity index (χ0v) is 12.6. The Morgan fingerprint density at radius 2 is 2.05 bits per heavy atom. The van der Waals surface area contributed by atoms with E-state index in [1.54, 1.807) is 6.26 Å². The second-order valence-corrected chi connectivity index (χ2v) is 5.25. The van der Waals surface area contributed by atoms with Crippen molar-refractivity contribution in [2.75, 3.05) is 13.1 Å². The van der Waals surface area contributed by atoms with Gasteiger partial charge in [-0.2, -0.15) is 0 Å². The molecule has 2 aromatic rings. The molecule has 0 aliphatic carbocycles. The number of likely N-dealkylation sites (N-methyl/N-ethyl adjacent to an activating group) is 1. The second-order valence-electron chi connectivity index (χ2n) is 5.25. The summed E-state index contributed by atoms with van der Waals surface area (Å²) < 4.78 is 5.46. The van der Waals surface area contributed by atoms with Crippen molar-refractivity contribution in [3.63, 3.8) is 0 Å². The number of nitrogens with two attached hydrogens (primary N) is 1. The monoisotopic (exact) mass is 272 g/mol. The van der Waals surface area contributed by atoms with Crippen molar-refractivity contribution in [1.82, 2.24) is 4.90 Å². The van der Waals surface area contributed by atoms with Crippen molar-refractivity contribution < 1.29 is 4.42 Å². The zero-order valence-electron chi connectivity index (χ0n) is 12.6. The number of nitrogens with zero attached hydrogens (tertiary/aromatic N) is 1. The molecule has 2 rings (SSSR count). The molecular formula is C17H24N2O. The predicted octanol–water partition coefficient (Wildman–Crippen LogP) is 3.42. The summed E-state index contributed by atoms with van der Waals surface area (Å²) in [7, 11) is 0. The molecule has 1 atom stereocenters. The van der Waals surface area contributed by atoms with E-state index in [0.717, 1.165) is 18.8 Å². The molecule has 2 N–H and O–H groups in total. The van der Waals surface area contributed by atoms with Crippen LogP contribution in [0.25, 0.3) is 0 Å². The van der Waals surface area contributed by atoms with Gasteiger partial charge in [-0.1, -0.05) is 30.7 Å². The first-order valence-electron chi connectivity index (χ1n) is 7.19. The van der Waals surface area contributed by atoms with Gasteiger partial charge in [0.2, 0.25) is 0 Å². The Balaban J connectivity index is 2.24. The topological polar surface area (TPSA) is 42.4 Å². The molecule has 0 saturated carbocycles. The molecule has 1 aromatic heterocycles. The van der Waals surface area contributed by atoms with E-state index in [2.05, 4.69) is 43.9 Å². The van der Waals surface area contributed by atoms with Gasteiger partial charge in [0.15, 0.2) is 0 Å². The highest BCUT2D eigenvalue weighted by molar-refractivity contribution is 5.33. The molecule has 0 saturated heterocycles. The van der Waals surface area contributed by atoms with Crippen LogP contribution in [0.15, 0.2) is 41.0 Å². The summed E-state index contributed by atoms with van der Waals surface area (Å²) in [5, 5.41) is 0. The molecule has 0 bridgehead atoms. The molecule has 1 heterocycles. The SMILES string of the molecule is CCN(Cc1ccco1)C(CN)c1ccc(C)cc1C. The molecule has 0 radical (unpaired) electrons. The summed E-state index contributed by atoms with van der Waals surface area (Å²) in [5.74, 6) is 0.982. The van der Waals surface area contributed by atoms with Crippen molar-refractivity contribution in [3.05, 3.63) is 59.0 Å². The highest BCUT2D eigenvalue weighted by Crippen LogP contribution is 2.25. The molecule has 1 aromatic carbocycles. The lowest BCUT2D eigenvalue weighted by molar-refractivity contribution is 0.187. The van der Waals surface area contributed by atoms with E-state index in [9.17, 15) is 0 Å². The van der Waals surface area contributed by atoms with Gasteiger partial charge in [-0.3, -0.25) is 4.90 Å². The van der Waals surface area contributed by atoms with Crippen LogP contribution in [-0.4, -0.2) is 18.0 Å². The van der Waals surface area contributed by atoms with E-state index in [4.69, 9.17) is 10.2 Å². The first-order chi connectivity index (χ1) is 9.65. The van der Waals surface area contributed by atoms with Crippen LogP contribution in [0.3, 0.4) is 0 Å². The molecule has 3 nitrogen and oxygen atoms in total. The summed E-state index contributed by atoms with van der Waals surface area (Å²) in [6.07, 6.45) is 1.72. The number of hydrogen-bond donors (Lipinski definition) is 1. The summed E-state index contributed by atoms with van der Waals surface area (Å²) in [4.78, 5) is 2.36. The third-order valence-electron chi connectivity index (χ3n) is 3.79. The fourth-order valence-corrected chi connectivity index (χ4v) is 2.72. The molecular weight excluding hydrogens is 248 g/mol. The van der Waals surface area contributed by atoms with E-state index in [1.165, 1.54) is 16.7 Å². The van der Waals surface area contributed by atoms with Crippen molar-refractivity contribution >= 4 is 0 Å². The average molecular weight is 272 g/mol. The van der Waals surface area contributed by atoms with Crippen LogP contribution in [0.2, 0.25) is 0 Å². The molecule has 0 aliphatic rings. The third-order valence-corrected chi connectivity index (χ3v) is 3.79. The van der Waals surface area contributed by atoms with E-state index in [0.29, 0.717) is 6.54 Å². The molecule has 0 aliphatic heterocycles. The fraction of sp³-hybridized carbons (Fsp3) is 0.412. The minimum Gasteiger partial charge on any atom is -0.468 e. The van der Waals surface area contributed by atoms with Crippen LogP contribution in [0.5, 0.6) is 0 Å². The van der Waals surface area contributed by atoms with Gasteiger partial charge in [-0.05, 0) is 43.7 Å². The maximum atomic E-state index is 6.04. The quantitative estimate of drug-likeness (QED) is 0.876. The maximum Gasteiger partial charge on any atom is 0.117 e. The van der Waals surface area contributed by atoms with E-state index >= 15 is 0 Å². The van der Waals surface area contributed by atoms with Crippen LogP contribution in [0.1, 0.15) is 35.4 Å². The minimum atomic E-state index is 0.227. The second kappa shape index (κ2) is 6.73. The zero-order chi connectivity index (χ0) is 14.5. The first kappa shape index (κ1) is 14.8. The predicted molar refractivity (Wildman–Crippen MR) is 82.5 cm³/mol. The Kier molecular flexibility index (Phi) is 4.99. The van der Waals surface area contributed by atoms with Crippen LogP contribution in [0, 0.1) is 13.8 Å². The lowest BCUT2D eigenvalue weighted by Gasteiger charge is -2.30. The number of furan rings is 1. The van der Waals surface area contributed by atoms with Gasteiger partial charge < -0.3 is 10.2 Å². The van der Waals surface area contributed by atoms with Crippen molar-refractivity contribution in [2.24, 2.45) is 5.73 Å². The van der Waals surface area contributed by atoms with Gasteiger partial charge in [-0.15, -0.1) is 0 Å². The Hall–Kier alpha value is -1.58. The van der Waals surface area contributed by atoms with Gasteiger partial charge in [0.05, 0.1) is 12.8 Å². The lowest BCUT2D eigenvalue weighted by atomic mass is 9.98. The van der Waals surface area contributed by atoms with Crippen molar-refractivity contribution in [1.29, 1.82) is 0 Å². The molecule has 108 valence electrons. The van der Waals surface area contributed by atoms with E-state index < -0.39 is 0 Å². The highest BCUT2D eigenvalue weighted by atomic mass is 16.3. The van der Waals surface area contributed by atoms with E-state index in [1.807, 2.05) is 12.1 Å². The summed E-state index contributed by atoms with van der Waals surface area (Å²) in [6.45, 7) is 8.78. The van der Waals surface area contributed by atoms with Gasteiger partial charge in [-0.25, -0.2) is 0 Å². The molecule has 0 fully saturated rings. The van der Waals surface area contributed by atoms with E-state index in [-0.39, 0.29) is 6.04 Å². The van der Waals surface area contributed by atoms with Crippen LogP contribution in [0.4, 0.5) is 0 Å². The van der Waals surface area contributed by atoms with Crippen LogP contribution < -0.4 is 5.73 Å². The minimum absolute atomic E-state index is 0.227. The average Bonchev–Trinajstić information content (AvgIpc) is 2.93. The summed E-state index contributed by atoms with van der Waals surface area (Å²) in [6, 6.07) is 10.7. The third kappa shape index (κ3) is 3.30. The first-order valence-corrected chi connectivity index (χ1v) is 7.19. The van der Waals surface area contributed by atoms with Crippen molar-refractivity contribution in [3.8, 4) is 0 Å². The maximum absolute atomic E-state index is 6.04. The van der Waals surface area contributed by atoms with Crippen LogP contribution in [-0.2, 0) is 6.54 Å². The Labute approximate surface area is 121 Å². The van der Waals surface area contributed by atoms with Gasteiger partial charge in [0.1, 0.15) is 5.76 Å². The smallest absolute Gasteiger partial charge is 0.117 e. The fourth-order valence-electron chi connectivity index (χ4n) is 2.72. The molecule has 20 heavy (non-hydrogen) atoms. The summed E-state index contributed by atoms with van der Waals surface area (Å²) in [5.41, 5.74) is 9.95. The largest absolute Gasteiger partial charge is 0.468 e. The van der Waals surface area contributed by atoms with Gasteiger partial charge >= 0.3 is 0 Å². The van der Waals surface area contributed by atoms with Crippen molar-refractivity contribution in [2.45, 2.75) is 33.4 Å². The van der Waals surface area contributed by atoms with Gasteiger partial charge in [0, 0.05) is 12.6 Å². The highest BCUT2D eigenvalue weighted by Gasteiger charge is 2.20. The number of aryl methyl sites for hydroxylation is 2. The van der Waals surface area contributed by atoms with Gasteiger partial charge in [0.25, 0.3) is 0 Å². The normalized spacial score (nSPS) is 12.8. The molecule has 0 amide bonds. The Bertz CT molecular complexity index is 534. The Morgan fingerprint density at radius 3 is 2.60 bits per heavy atom. The molecule has 0 spiro atoms.